The first-order valence-corrected chi connectivity index (χ1v) is 8.95. The third-order valence-corrected chi connectivity index (χ3v) is 4.92. The average molecular weight is 334 g/mol. The summed E-state index contributed by atoms with van der Waals surface area (Å²) in [6, 6.07) is 2.72. The van der Waals surface area contributed by atoms with Crippen LogP contribution in [0.1, 0.15) is 55.1 Å². The molecule has 0 aliphatic heterocycles. The van der Waals surface area contributed by atoms with E-state index in [9.17, 15) is 4.79 Å². The number of carbonyl (C=O) groups excluding carboxylic acids is 1. The Morgan fingerprint density at radius 1 is 1.21 bits per heavy atom. The van der Waals surface area contributed by atoms with Gasteiger partial charge in [0.05, 0.1) is 13.2 Å². The first-order valence-electron chi connectivity index (χ1n) is 8.95. The number of aromatic nitrogens is 1. The second-order valence-corrected chi connectivity index (χ2v) is 6.59. The van der Waals surface area contributed by atoms with Gasteiger partial charge in [0.2, 0.25) is 5.91 Å². The van der Waals surface area contributed by atoms with Crippen LogP contribution in [-0.2, 0) is 4.79 Å². The topological polar surface area (TPSA) is 65.7 Å². The van der Waals surface area contributed by atoms with Crippen molar-refractivity contribution in [3.05, 3.63) is 29.1 Å². The van der Waals surface area contributed by atoms with Crippen molar-refractivity contribution in [1.29, 1.82) is 0 Å². The van der Waals surface area contributed by atoms with Crippen LogP contribution in [0.4, 0.5) is 0 Å². The number of aliphatic hydroxyl groups is 2. The molecule has 1 aliphatic carbocycles. The standard InChI is InChI=1S/C19H30N2O3/c1-15-14-17(8-9-19(24)20(10-12-22)11-13-23)16(2)21(15)18-6-4-3-5-7-18/h8-9,14,18,22-23H,3-7,10-13H2,1-2H3/b9-8+. The van der Waals surface area contributed by atoms with E-state index in [-0.39, 0.29) is 32.2 Å². The van der Waals surface area contributed by atoms with Gasteiger partial charge in [0.1, 0.15) is 0 Å². The van der Waals surface area contributed by atoms with Crippen molar-refractivity contribution in [1.82, 2.24) is 9.47 Å². The first kappa shape index (κ1) is 18.7. The van der Waals surface area contributed by atoms with Gasteiger partial charge in [-0.05, 0) is 44.4 Å². The molecule has 1 aromatic heterocycles. The Balaban J connectivity index is 2.13. The third-order valence-electron chi connectivity index (χ3n) is 4.92. The lowest BCUT2D eigenvalue weighted by Gasteiger charge is -2.26. The van der Waals surface area contributed by atoms with Gasteiger partial charge in [0, 0.05) is 36.6 Å². The zero-order valence-corrected chi connectivity index (χ0v) is 14.9. The average Bonchev–Trinajstić information content (AvgIpc) is 2.87. The fraction of sp³-hybridized carbons (Fsp3) is 0.632. The van der Waals surface area contributed by atoms with E-state index in [1.165, 1.54) is 54.5 Å². The molecule has 1 aliphatic rings. The van der Waals surface area contributed by atoms with Crippen LogP contribution in [0.15, 0.2) is 12.1 Å². The summed E-state index contributed by atoms with van der Waals surface area (Å²) in [6.07, 6.45) is 9.79. The van der Waals surface area contributed by atoms with Gasteiger partial charge in [-0.2, -0.15) is 0 Å². The number of aliphatic hydroxyl groups excluding tert-OH is 2. The predicted molar refractivity (Wildman–Crippen MR) is 95.8 cm³/mol. The highest BCUT2D eigenvalue weighted by Gasteiger charge is 2.19. The fourth-order valence-corrected chi connectivity index (χ4v) is 3.71. The van der Waals surface area contributed by atoms with Crippen LogP contribution in [0, 0.1) is 13.8 Å². The van der Waals surface area contributed by atoms with Gasteiger partial charge in [-0.25, -0.2) is 0 Å². The lowest BCUT2D eigenvalue weighted by molar-refractivity contribution is -0.126. The zero-order valence-electron chi connectivity index (χ0n) is 14.9. The molecule has 24 heavy (non-hydrogen) atoms. The van der Waals surface area contributed by atoms with E-state index in [0.717, 1.165) is 5.56 Å². The minimum Gasteiger partial charge on any atom is -0.395 e. The van der Waals surface area contributed by atoms with E-state index in [1.54, 1.807) is 0 Å². The lowest BCUT2D eigenvalue weighted by Crippen LogP contribution is -2.34. The predicted octanol–water partition coefficient (Wildman–Crippen LogP) is 2.44. The maximum atomic E-state index is 12.2. The first-order chi connectivity index (χ1) is 11.6. The van der Waals surface area contributed by atoms with Crippen molar-refractivity contribution in [3.63, 3.8) is 0 Å². The molecule has 0 saturated heterocycles. The summed E-state index contributed by atoms with van der Waals surface area (Å²) >= 11 is 0. The molecule has 1 fully saturated rings. The summed E-state index contributed by atoms with van der Waals surface area (Å²) in [5.74, 6) is -0.180. The molecule has 1 heterocycles. The lowest BCUT2D eigenvalue weighted by atomic mass is 9.95. The molecule has 1 aromatic rings. The van der Waals surface area contributed by atoms with Gasteiger partial charge in [-0.1, -0.05) is 19.3 Å². The van der Waals surface area contributed by atoms with E-state index in [1.807, 2.05) is 6.08 Å². The van der Waals surface area contributed by atoms with Crippen LogP contribution in [-0.4, -0.2) is 51.9 Å². The van der Waals surface area contributed by atoms with Crippen LogP contribution in [0.2, 0.25) is 0 Å². The Morgan fingerprint density at radius 2 is 1.83 bits per heavy atom. The highest BCUT2D eigenvalue weighted by molar-refractivity contribution is 5.92. The molecule has 0 bridgehead atoms. The molecule has 134 valence electrons. The summed E-state index contributed by atoms with van der Waals surface area (Å²) < 4.78 is 2.42. The van der Waals surface area contributed by atoms with Gasteiger partial charge in [-0.15, -0.1) is 0 Å². The van der Waals surface area contributed by atoms with Crippen molar-refractivity contribution >= 4 is 12.0 Å². The highest BCUT2D eigenvalue weighted by Crippen LogP contribution is 2.32. The smallest absolute Gasteiger partial charge is 0.246 e. The second kappa shape index (κ2) is 9.04. The minimum atomic E-state index is -0.180. The molecule has 2 N–H and O–H groups in total. The maximum absolute atomic E-state index is 12.2. The maximum Gasteiger partial charge on any atom is 0.246 e. The Hall–Kier alpha value is -1.59. The molecule has 0 spiro atoms. The number of carbonyl (C=O) groups is 1. The second-order valence-electron chi connectivity index (χ2n) is 6.59. The van der Waals surface area contributed by atoms with Crippen LogP contribution >= 0.6 is 0 Å². The fourth-order valence-electron chi connectivity index (χ4n) is 3.71. The SMILES string of the molecule is Cc1cc(/C=C/C(=O)N(CCO)CCO)c(C)n1C1CCCCC1. The number of rotatable bonds is 7. The molecule has 0 radical (unpaired) electrons. The molecular weight excluding hydrogens is 304 g/mol. The Morgan fingerprint density at radius 3 is 2.42 bits per heavy atom. The molecular formula is C19H30N2O3. The van der Waals surface area contributed by atoms with Gasteiger partial charge in [-0.3, -0.25) is 4.79 Å². The number of hydrogen-bond donors (Lipinski definition) is 2. The normalized spacial score (nSPS) is 16.0. The Kier molecular flexibility index (Phi) is 7.06. The number of nitrogens with zero attached hydrogens (tertiary/aromatic N) is 2. The molecule has 1 saturated carbocycles. The molecule has 2 rings (SSSR count). The van der Waals surface area contributed by atoms with E-state index in [4.69, 9.17) is 10.2 Å². The largest absolute Gasteiger partial charge is 0.395 e. The van der Waals surface area contributed by atoms with Gasteiger partial charge in [0.25, 0.3) is 0 Å². The van der Waals surface area contributed by atoms with E-state index >= 15 is 0 Å². The monoisotopic (exact) mass is 334 g/mol. The van der Waals surface area contributed by atoms with Crippen molar-refractivity contribution < 1.29 is 15.0 Å². The van der Waals surface area contributed by atoms with Gasteiger partial charge >= 0.3 is 0 Å². The quantitative estimate of drug-likeness (QED) is 0.753. The van der Waals surface area contributed by atoms with Crippen molar-refractivity contribution in [2.45, 2.75) is 52.0 Å². The van der Waals surface area contributed by atoms with Crippen molar-refractivity contribution in [3.8, 4) is 0 Å². The number of hydrogen-bond acceptors (Lipinski definition) is 3. The third kappa shape index (κ3) is 4.48. The summed E-state index contributed by atoms with van der Waals surface area (Å²) in [7, 11) is 0. The van der Waals surface area contributed by atoms with Crippen LogP contribution in [0.5, 0.6) is 0 Å². The molecule has 5 nitrogen and oxygen atoms in total. The summed E-state index contributed by atoms with van der Waals surface area (Å²) in [6.45, 7) is 4.52. The van der Waals surface area contributed by atoms with Gasteiger partial charge in [0.15, 0.2) is 0 Å². The highest BCUT2D eigenvalue weighted by atomic mass is 16.3. The van der Waals surface area contributed by atoms with Crippen LogP contribution in [0.3, 0.4) is 0 Å². The van der Waals surface area contributed by atoms with E-state index in [2.05, 4.69) is 24.5 Å². The molecule has 0 aromatic carbocycles. The molecule has 0 atom stereocenters. The Labute approximate surface area is 144 Å². The van der Waals surface area contributed by atoms with Gasteiger partial charge < -0.3 is 19.7 Å². The Bertz CT molecular complexity index is 565. The number of amides is 1. The van der Waals surface area contributed by atoms with Crippen molar-refractivity contribution in [2.75, 3.05) is 26.3 Å². The van der Waals surface area contributed by atoms with E-state index < -0.39 is 0 Å². The van der Waals surface area contributed by atoms with Crippen LogP contribution in [0.25, 0.3) is 6.08 Å². The zero-order chi connectivity index (χ0) is 17.5. The molecule has 5 heteroatoms. The van der Waals surface area contributed by atoms with Crippen LogP contribution < -0.4 is 0 Å². The van der Waals surface area contributed by atoms with E-state index in [0.29, 0.717) is 6.04 Å². The van der Waals surface area contributed by atoms with Crippen molar-refractivity contribution in [2.24, 2.45) is 0 Å². The minimum absolute atomic E-state index is 0.101. The summed E-state index contributed by atoms with van der Waals surface area (Å²) in [5, 5.41) is 18.0. The summed E-state index contributed by atoms with van der Waals surface area (Å²) in [5.41, 5.74) is 3.52. The molecule has 1 amide bonds. The summed E-state index contributed by atoms with van der Waals surface area (Å²) in [4.78, 5) is 13.7. The number of aryl methyl sites for hydroxylation is 1. The molecule has 0 unspecified atom stereocenters.